The first kappa shape index (κ1) is 12.2. The number of anilines is 1. The Kier molecular flexibility index (Phi) is 2.82. The third-order valence-corrected chi connectivity index (χ3v) is 3.54. The molecule has 0 aliphatic carbocycles. The number of imidazole rings is 1. The van der Waals surface area contributed by atoms with Gasteiger partial charge in [-0.3, -0.25) is 4.79 Å². The fourth-order valence-electron chi connectivity index (χ4n) is 2.01. The molecule has 2 heterocycles. The van der Waals surface area contributed by atoms with Crippen molar-refractivity contribution in [2.24, 2.45) is 0 Å². The number of hydrogen-bond acceptors (Lipinski definition) is 3. The van der Waals surface area contributed by atoms with Gasteiger partial charge in [0.25, 0.3) is 5.91 Å². The molecule has 3 rings (SSSR count). The van der Waals surface area contributed by atoms with Gasteiger partial charge >= 0.3 is 0 Å². The van der Waals surface area contributed by atoms with Crippen molar-refractivity contribution in [2.75, 3.05) is 5.32 Å². The Morgan fingerprint density at radius 1 is 1.42 bits per heavy atom. The highest BCUT2D eigenvalue weighted by Gasteiger charge is 2.24. The standard InChI is InChI=1S/C13H12BrN3O2/c1-6-13(18)17-9-5-8(3-4-10(9)19-6)11-12(14)16-7(2)15-11/h3-6H,1-2H3,(H,15,16)(H,17,18). The van der Waals surface area contributed by atoms with E-state index < -0.39 is 6.10 Å². The number of fused-ring (bicyclic) bond motifs is 1. The van der Waals surface area contributed by atoms with E-state index in [9.17, 15) is 4.79 Å². The number of nitrogens with zero attached hydrogens (tertiary/aromatic N) is 1. The summed E-state index contributed by atoms with van der Waals surface area (Å²) >= 11 is 3.43. The van der Waals surface area contributed by atoms with Crippen molar-refractivity contribution in [1.82, 2.24) is 9.97 Å². The van der Waals surface area contributed by atoms with Crippen LogP contribution in [0.4, 0.5) is 5.69 Å². The number of carbonyl (C=O) groups is 1. The number of aromatic nitrogens is 2. The van der Waals surface area contributed by atoms with Crippen LogP contribution in [-0.4, -0.2) is 22.0 Å². The molecule has 1 amide bonds. The molecule has 19 heavy (non-hydrogen) atoms. The smallest absolute Gasteiger partial charge is 0.265 e. The molecule has 0 spiro atoms. The van der Waals surface area contributed by atoms with Gasteiger partial charge in [0.1, 0.15) is 21.9 Å². The van der Waals surface area contributed by atoms with E-state index in [4.69, 9.17) is 4.74 Å². The van der Waals surface area contributed by atoms with Crippen LogP contribution >= 0.6 is 15.9 Å². The summed E-state index contributed by atoms with van der Waals surface area (Å²) in [6, 6.07) is 5.62. The Labute approximate surface area is 118 Å². The van der Waals surface area contributed by atoms with E-state index in [1.54, 1.807) is 6.92 Å². The topological polar surface area (TPSA) is 67.0 Å². The van der Waals surface area contributed by atoms with Gasteiger partial charge < -0.3 is 15.0 Å². The number of ether oxygens (including phenoxy) is 1. The summed E-state index contributed by atoms with van der Waals surface area (Å²) in [6.45, 7) is 3.61. The largest absolute Gasteiger partial charge is 0.479 e. The number of H-pyrrole nitrogens is 1. The van der Waals surface area contributed by atoms with Crippen molar-refractivity contribution in [3.8, 4) is 17.0 Å². The van der Waals surface area contributed by atoms with Crippen molar-refractivity contribution >= 4 is 27.5 Å². The normalized spacial score (nSPS) is 17.6. The van der Waals surface area contributed by atoms with Crippen LogP contribution in [0.15, 0.2) is 22.8 Å². The van der Waals surface area contributed by atoms with E-state index in [0.717, 1.165) is 21.7 Å². The van der Waals surface area contributed by atoms with Crippen LogP contribution in [0.25, 0.3) is 11.3 Å². The average Bonchev–Trinajstić information content (AvgIpc) is 2.69. The molecule has 1 aliphatic heterocycles. The Bertz CT molecular complexity index is 666. The third-order valence-electron chi connectivity index (χ3n) is 2.96. The summed E-state index contributed by atoms with van der Waals surface area (Å²) in [7, 11) is 0. The lowest BCUT2D eigenvalue weighted by Crippen LogP contribution is -2.34. The van der Waals surface area contributed by atoms with Crippen LogP contribution in [0, 0.1) is 6.92 Å². The fourth-order valence-corrected chi connectivity index (χ4v) is 2.61. The number of aryl methyl sites for hydroxylation is 1. The SMILES string of the molecule is Cc1nc(-c2ccc3c(c2)NC(=O)C(C)O3)c(Br)[nH]1. The van der Waals surface area contributed by atoms with E-state index >= 15 is 0 Å². The van der Waals surface area contributed by atoms with Crippen LogP contribution in [-0.2, 0) is 4.79 Å². The molecule has 2 N–H and O–H groups in total. The van der Waals surface area contributed by atoms with E-state index in [1.165, 1.54) is 0 Å². The predicted octanol–water partition coefficient (Wildman–Crippen LogP) is 2.87. The van der Waals surface area contributed by atoms with E-state index in [-0.39, 0.29) is 5.91 Å². The van der Waals surface area contributed by atoms with Gasteiger partial charge in [0.15, 0.2) is 6.10 Å². The molecular weight excluding hydrogens is 310 g/mol. The Morgan fingerprint density at radius 3 is 2.89 bits per heavy atom. The van der Waals surface area contributed by atoms with E-state index in [1.807, 2.05) is 25.1 Å². The van der Waals surface area contributed by atoms with Crippen LogP contribution in [0.2, 0.25) is 0 Å². The molecule has 0 saturated heterocycles. The number of nitrogens with one attached hydrogen (secondary N) is 2. The summed E-state index contributed by atoms with van der Waals surface area (Å²) in [5.74, 6) is 1.37. The molecule has 1 aromatic heterocycles. The van der Waals surface area contributed by atoms with Gasteiger partial charge in [-0.25, -0.2) is 4.98 Å². The molecule has 0 bridgehead atoms. The first-order valence-electron chi connectivity index (χ1n) is 5.88. The number of rotatable bonds is 1. The molecule has 0 saturated carbocycles. The second-order valence-electron chi connectivity index (χ2n) is 4.45. The number of aromatic amines is 1. The van der Waals surface area contributed by atoms with Gasteiger partial charge in [-0.2, -0.15) is 0 Å². The van der Waals surface area contributed by atoms with Gasteiger partial charge in [0.05, 0.1) is 5.69 Å². The van der Waals surface area contributed by atoms with Gasteiger partial charge in [-0.05, 0) is 48.0 Å². The zero-order chi connectivity index (χ0) is 13.6. The van der Waals surface area contributed by atoms with E-state index in [0.29, 0.717) is 11.4 Å². The highest BCUT2D eigenvalue weighted by atomic mass is 79.9. The molecule has 98 valence electrons. The Balaban J connectivity index is 2.05. The minimum absolute atomic E-state index is 0.137. The fraction of sp³-hybridized carbons (Fsp3) is 0.231. The van der Waals surface area contributed by atoms with Crippen LogP contribution < -0.4 is 10.1 Å². The van der Waals surface area contributed by atoms with Crippen LogP contribution in [0.5, 0.6) is 5.75 Å². The number of halogens is 1. The Hall–Kier alpha value is -1.82. The average molecular weight is 322 g/mol. The summed E-state index contributed by atoms with van der Waals surface area (Å²) in [6.07, 6.45) is -0.460. The molecule has 5 nitrogen and oxygen atoms in total. The number of carbonyl (C=O) groups excluding carboxylic acids is 1. The van der Waals surface area contributed by atoms with Crippen molar-refractivity contribution in [1.29, 1.82) is 0 Å². The van der Waals surface area contributed by atoms with Crippen LogP contribution in [0.1, 0.15) is 12.7 Å². The van der Waals surface area contributed by atoms with Gasteiger partial charge in [-0.15, -0.1) is 0 Å². The van der Waals surface area contributed by atoms with Crippen LogP contribution in [0.3, 0.4) is 0 Å². The summed E-state index contributed by atoms with van der Waals surface area (Å²) < 4.78 is 6.34. The second-order valence-corrected chi connectivity index (χ2v) is 5.24. The predicted molar refractivity (Wildman–Crippen MR) is 75.2 cm³/mol. The maximum atomic E-state index is 11.6. The minimum Gasteiger partial charge on any atom is -0.479 e. The van der Waals surface area contributed by atoms with Gasteiger partial charge in [0.2, 0.25) is 0 Å². The lowest BCUT2D eigenvalue weighted by Gasteiger charge is -2.23. The van der Waals surface area contributed by atoms with Gasteiger partial charge in [-0.1, -0.05) is 0 Å². The Morgan fingerprint density at radius 2 is 2.21 bits per heavy atom. The molecule has 1 aliphatic rings. The maximum Gasteiger partial charge on any atom is 0.265 e. The molecule has 6 heteroatoms. The first-order chi connectivity index (χ1) is 9.04. The second kappa shape index (κ2) is 4.38. The number of hydrogen-bond donors (Lipinski definition) is 2. The maximum absolute atomic E-state index is 11.6. The molecule has 0 fully saturated rings. The van der Waals surface area contributed by atoms with Crippen molar-refractivity contribution in [3.05, 3.63) is 28.6 Å². The molecule has 1 aromatic carbocycles. The monoisotopic (exact) mass is 321 g/mol. The highest BCUT2D eigenvalue weighted by Crippen LogP contribution is 2.35. The zero-order valence-corrected chi connectivity index (χ0v) is 12.0. The number of amides is 1. The summed E-state index contributed by atoms with van der Waals surface area (Å²) in [4.78, 5) is 19.1. The lowest BCUT2D eigenvalue weighted by atomic mass is 10.1. The third kappa shape index (κ3) is 2.12. The summed E-state index contributed by atoms with van der Waals surface area (Å²) in [5, 5.41) is 2.83. The van der Waals surface area contributed by atoms with Gasteiger partial charge in [0, 0.05) is 5.56 Å². The minimum atomic E-state index is -0.460. The van der Waals surface area contributed by atoms with Crippen molar-refractivity contribution in [2.45, 2.75) is 20.0 Å². The lowest BCUT2D eigenvalue weighted by molar-refractivity contribution is -0.122. The first-order valence-corrected chi connectivity index (χ1v) is 6.68. The molecule has 0 radical (unpaired) electrons. The quantitative estimate of drug-likeness (QED) is 0.848. The molecule has 2 aromatic rings. The van der Waals surface area contributed by atoms with Crippen molar-refractivity contribution in [3.63, 3.8) is 0 Å². The molecular formula is C13H12BrN3O2. The molecule has 1 unspecified atom stereocenters. The zero-order valence-electron chi connectivity index (χ0n) is 10.5. The summed E-state index contributed by atoms with van der Waals surface area (Å²) in [5.41, 5.74) is 2.40. The highest BCUT2D eigenvalue weighted by molar-refractivity contribution is 9.10. The number of benzene rings is 1. The van der Waals surface area contributed by atoms with E-state index in [2.05, 4.69) is 31.2 Å². The van der Waals surface area contributed by atoms with Crippen molar-refractivity contribution < 1.29 is 9.53 Å². The molecule has 1 atom stereocenters.